The summed E-state index contributed by atoms with van der Waals surface area (Å²) >= 11 is 0. The maximum absolute atomic E-state index is 14.3. The highest BCUT2D eigenvalue weighted by Gasteiger charge is 2.34. The second-order valence-corrected chi connectivity index (χ2v) is 16.9. The Balaban J connectivity index is 1.05. The van der Waals surface area contributed by atoms with E-state index in [1.165, 1.54) is 0 Å². The Morgan fingerprint density at radius 3 is 2.00 bits per heavy atom. The zero-order valence-electron chi connectivity index (χ0n) is 37.0. The Kier molecular flexibility index (Phi) is 15.9. The Labute approximate surface area is 385 Å². The minimum atomic E-state index is -1.21. The Bertz CT molecular complexity index is 2550. The number of aliphatic hydroxyl groups excluding tert-OH is 1. The summed E-state index contributed by atoms with van der Waals surface area (Å²) in [6, 6.07) is 37.2. The summed E-state index contributed by atoms with van der Waals surface area (Å²) in [5.74, 6) is -0.00254. The number of aliphatic hydroxyl groups is 1. The Morgan fingerprint density at radius 2 is 1.35 bits per heavy atom. The maximum Gasteiger partial charge on any atom is 0.269 e. The van der Waals surface area contributed by atoms with E-state index in [-0.39, 0.29) is 43.1 Å². The number of nitrogens with one attached hydrogen (secondary N) is 4. The first kappa shape index (κ1) is 46.6. The number of ketones is 1. The standard InChI is InChI=1S/C54H55N5O7/c1-3-31-66-43-29-27-40(28-30-43)49(61)39-23-25-41(26-24-39)52(63)57-46(33-37-17-9-5-10-18-37)47(60)34-42(32-36-15-7-4-8-16-36)53(64)55-35(2)51(62)59-50-54(65)56-45-22-14-13-21-44(45)48(58-50)38-19-11-6-12-20-38/h1,4-5,7-10,13-18,21-30,35,38,42,46-47,50,60H,6,11-12,19-20,31-34H2,2H3,(H,55,64)(H,56,65)(H,57,63)(H,59,62)/t35-,42+,46-,47+,50?/m0/s1. The summed E-state index contributed by atoms with van der Waals surface area (Å²) in [5, 5.41) is 23.5. The second kappa shape index (κ2) is 22.5. The largest absolute Gasteiger partial charge is 0.481 e. The summed E-state index contributed by atoms with van der Waals surface area (Å²) in [5.41, 5.74) is 5.06. The number of hydrogen-bond donors (Lipinski definition) is 5. The predicted molar refractivity (Wildman–Crippen MR) is 254 cm³/mol. The highest BCUT2D eigenvalue weighted by molar-refractivity contribution is 6.13. The quantitative estimate of drug-likeness (QED) is 0.0473. The molecule has 338 valence electrons. The van der Waals surface area contributed by atoms with E-state index in [1.807, 2.05) is 84.9 Å². The number of amides is 4. The number of rotatable bonds is 18. The van der Waals surface area contributed by atoms with E-state index < -0.39 is 53.9 Å². The molecule has 5 N–H and O–H groups in total. The van der Waals surface area contributed by atoms with Gasteiger partial charge in [0.05, 0.1) is 17.9 Å². The third-order valence-electron chi connectivity index (χ3n) is 12.1. The van der Waals surface area contributed by atoms with Gasteiger partial charge in [-0.2, -0.15) is 0 Å². The molecule has 1 aliphatic heterocycles. The molecule has 1 heterocycles. The molecule has 1 aliphatic carbocycles. The average Bonchev–Trinajstić information content (AvgIpc) is 3.48. The fraction of sp³-hybridized carbons (Fsp3) is 0.296. The van der Waals surface area contributed by atoms with E-state index in [4.69, 9.17) is 16.2 Å². The van der Waals surface area contributed by atoms with E-state index in [9.17, 15) is 29.1 Å². The van der Waals surface area contributed by atoms with Crippen LogP contribution < -0.4 is 26.0 Å². The topological polar surface area (TPSA) is 175 Å². The van der Waals surface area contributed by atoms with Crippen LogP contribution in [0.2, 0.25) is 0 Å². The summed E-state index contributed by atoms with van der Waals surface area (Å²) in [6.07, 6.45) is 8.42. The lowest BCUT2D eigenvalue weighted by Crippen LogP contribution is -2.52. The molecule has 1 fully saturated rings. The molecule has 12 heteroatoms. The van der Waals surface area contributed by atoms with Crippen molar-refractivity contribution in [3.8, 4) is 18.1 Å². The van der Waals surface area contributed by atoms with Gasteiger partial charge in [-0.15, -0.1) is 6.42 Å². The zero-order chi connectivity index (χ0) is 46.4. The monoisotopic (exact) mass is 885 g/mol. The molecule has 0 saturated heterocycles. The van der Waals surface area contributed by atoms with E-state index in [1.54, 1.807) is 55.5 Å². The summed E-state index contributed by atoms with van der Waals surface area (Å²) in [4.78, 5) is 73.5. The fourth-order valence-electron chi connectivity index (χ4n) is 8.55. The number of benzodiazepines with no additional fused rings is 1. The van der Waals surface area contributed by atoms with Crippen LogP contribution in [0.15, 0.2) is 138 Å². The lowest BCUT2D eigenvalue weighted by atomic mass is 9.83. The van der Waals surface area contributed by atoms with Crippen molar-refractivity contribution >= 4 is 40.8 Å². The van der Waals surface area contributed by atoms with Crippen molar-refractivity contribution in [1.29, 1.82) is 0 Å². The van der Waals surface area contributed by atoms with Gasteiger partial charge >= 0.3 is 0 Å². The first-order valence-electron chi connectivity index (χ1n) is 22.5. The number of anilines is 1. The highest BCUT2D eigenvalue weighted by atomic mass is 16.5. The smallest absolute Gasteiger partial charge is 0.269 e. The molecule has 66 heavy (non-hydrogen) atoms. The summed E-state index contributed by atoms with van der Waals surface area (Å²) in [6.45, 7) is 1.66. The van der Waals surface area contributed by atoms with Gasteiger partial charge in [0.25, 0.3) is 11.8 Å². The van der Waals surface area contributed by atoms with Crippen LogP contribution in [0.1, 0.15) is 88.4 Å². The van der Waals surface area contributed by atoms with Crippen LogP contribution in [0.25, 0.3) is 0 Å². The van der Waals surface area contributed by atoms with Crippen molar-refractivity contribution in [3.63, 3.8) is 0 Å². The minimum Gasteiger partial charge on any atom is -0.481 e. The number of nitrogens with zero attached hydrogens (tertiary/aromatic N) is 1. The van der Waals surface area contributed by atoms with Crippen LogP contribution in [0, 0.1) is 24.2 Å². The molecule has 7 rings (SSSR count). The van der Waals surface area contributed by atoms with Crippen molar-refractivity contribution in [1.82, 2.24) is 16.0 Å². The number of carbonyl (C=O) groups excluding carboxylic acids is 5. The van der Waals surface area contributed by atoms with E-state index in [0.29, 0.717) is 22.6 Å². The number of carbonyl (C=O) groups is 5. The number of aliphatic imine (C=N–C) groups is 1. The number of benzene rings is 5. The van der Waals surface area contributed by atoms with Crippen LogP contribution in [0.3, 0.4) is 0 Å². The zero-order valence-corrected chi connectivity index (χ0v) is 37.0. The number of fused-ring (bicyclic) bond motifs is 1. The van der Waals surface area contributed by atoms with Crippen molar-refractivity contribution in [3.05, 3.63) is 167 Å². The number of para-hydroxylation sites is 1. The van der Waals surface area contributed by atoms with E-state index in [0.717, 1.165) is 54.5 Å². The fourth-order valence-corrected chi connectivity index (χ4v) is 8.55. The van der Waals surface area contributed by atoms with Crippen LogP contribution in [-0.4, -0.2) is 71.2 Å². The molecule has 5 aromatic rings. The SMILES string of the molecule is C#CCOc1ccc(C(=O)c2ccc(C(=O)N[C@@H](Cc3ccccc3)[C@H](O)C[C@@H](Cc3ccccc3)C(=O)N[C@@H](C)C(=O)NC3N=C(C4CCCCC4)c4ccccc4NC3=O)cc2)cc1. The van der Waals surface area contributed by atoms with E-state index in [2.05, 4.69) is 27.2 Å². The lowest BCUT2D eigenvalue weighted by Gasteiger charge is -2.28. The van der Waals surface area contributed by atoms with Crippen LogP contribution in [0.4, 0.5) is 5.69 Å². The minimum absolute atomic E-state index is 0.0643. The van der Waals surface area contributed by atoms with Crippen LogP contribution >= 0.6 is 0 Å². The normalized spacial score (nSPS) is 16.6. The molecular formula is C54H55N5O7. The first-order valence-corrected chi connectivity index (χ1v) is 22.5. The van der Waals surface area contributed by atoms with Gasteiger partial charge in [-0.3, -0.25) is 29.0 Å². The molecule has 1 saturated carbocycles. The van der Waals surface area contributed by atoms with Gasteiger partial charge in [0.2, 0.25) is 18.0 Å². The number of hydrogen-bond acceptors (Lipinski definition) is 8. The van der Waals surface area contributed by atoms with Crippen LogP contribution in [0.5, 0.6) is 5.75 Å². The summed E-state index contributed by atoms with van der Waals surface area (Å²) in [7, 11) is 0. The Hall–Kier alpha value is -7.36. The number of terminal acetylenes is 1. The molecule has 1 unspecified atom stereocenters. The lowest BCUT2D eigenvalue weighted by molar-refractivity contribution is -0.132. The first-order chi connectivity index (χ1) is 32.1. The molecule has 0 radical (unpaired) electrons. The van der Waals surface area contributed by atoms with E-state index >= 15 is 0 Å². The molecule has 5 atom stereocenters. The van der Waals surface area contributed by atoms with Gasteiger partial charge in [0.1, 0.15) is 18.4 Å². The summed E-state index contributed by atoms with van der Waals surface area (Å²) < 4.78 is 5.40. The van der Waals surface area contributed by atoms with Crippen molar-refractivity contribution in [2.45, 2.75) is 82.6 Å². The number of ether oxygens (including phenoxy) is 1. The van der Waals surface area contributed by atoms with Crippen LogP contribution in [-0.2, 0) is 27.2 Å². The van der Waals surface area contributed by atoms with Gasteiger partial charge in [-0.05, 0) is 92.6 Å². The molecule has 4 amide bonds. The molecule has 12 nitrogen and oxygen atoms in total. The molecule has 5 aromatic carbocycles. The average molecular weight is 886 g/mol. The molecule has 2 aliphatic rings. The third kappa shape index (κ3) is 12.3. The maximum atomic E-state index is 14.3. The molecule has 0 bridgehead atoms. The third-order valence-corrected chi connectivity index (χ3v) is 12.1. The van der Waals surface area contributed by atoms with Gasteiger partial charge in [-0.25, -0.2) is 0 Å². The van der Waals surface area contributed by atoms with Gasteiger partial charge in [0, 0.05) is 39.8 Å². The molecular weight excluding hydrogens is 831 g/mol. The highest BCUT2D eigenvalue weighted by Crippen LogP contribution is 2.32. The predicted octanol–water partition coefficient (Wildman–Crippen LogP) is 6.85. The van der Waals surface area contributed by atoms with Crippen molar-refractivity contribution in [2.24, 2.45) is 16.8 Å². The van der Waals surface area contributed by atoms with Gasteiger partial charge in [-0.1, -0.05) is 116 Å². The molecule has 0 aromatic heterocycles. The molecule has 0 spiro atoms. The van der Waals surface area contributed by atoms with Crippen molar-refractivity contribution in [2.75, 3.05) is 11.9 Å². The van der Waals surface area contributed by atoms with Gasteiger partial charge in [0.15, 0.2) is 5.78 Å². The van der Waals surface area contributed by atoms with Gasteiger partial charge < -0.3 is 31.1 Å². The Morgan fingerprint density at radius 1 is 0.758 bits per heavy atom. The van der Waals surface area contributed by atoms with Crippen molar-refractivity contribution < 1.29 is 33.8 Å². The second-order valence-electron chi connectivity index (χ2n) is 16.9.